The van der Waals surface area contributed by atoms with Gasteiger partial charge >= 0.3 is 0 Å². The van der Waals surface area contributed by atoms with Crippen molar-refractivity contribution in [3.05, 3.63) is 58.1 Å². The lowest BCUT2D eigenvalue weighted by atomic mass is 10.2. The van der Waals surface area contributed by atoms with E-state index in [9.17, 15) is 23.3 Å². The first-order valence-corrected chi connectivity index (χ1v) is 11.3. The number of amides is 1. The Hall–Kier alpha value is -3.18. The van der Waals surface area contributed by atoms with Crippen molar-refractivity contribution in [2.24, 2.45) is 0 Å². The van der Waals surface area contributed by atoms with Crippen molar-refractivity contribution in [1.82, 2.24) is 9.73 Å². The first-order chi connectivity index (χ1) is 14.8. The largest absolute Gasteiger partial charge is 0.496 e. The maximum atomic E-state index is 13.1. The van der Waals surface area contributed by atoms with Gasteiger partial charge in [0.2, 0.25) is 10.0 Å². The van der Waals surface area contributed by atoms with Gasteiger partial charge in [0.25, 0.3) is 11.6 Å². The molecular weight excluding hydrogens is 424 g/mol. The molecule has 0 radical (unpaired) electrons. The number of hydrogen-bond acceptors (Lipinski definition) is 7. The van der Waals surface area contributed by atoms with E-state index in [0.717, 1.165) is 25.7 Å². The molecule has 1 aliphatic heterocycles. The summed E-state index contributed by atoms with van der Waals surface area (Å²) in [6.45, 7) is 0.879. The van der Waals surface area contributed by atoms with E-state index in [4.69, 9.17) is 4.74 Å². The highest BCUT2D eigenvalue weighted by Crippen LogP contribution is 2.27. The number of sulfonamides is 1. The summed E-state index contributed by atoms with van der Waals surface area (Å²) in [5, 5.41) is 11.1. The fourth-order valence-electron chi connectivity index (χ4n) is 3.39. The Morgan fingerprint density at radius 1 is 1.10 bits per heavy atom. The van der Waals surface area contributed by atoms with E-state index in [2.05, 4.69) is 10.9 Å². The van der Waals surface area contributed by atoms with Crippen molar-refractivity contribution in [2.45, 2.75) is 30.6 Å². The summed E-state index contributed by atoms with van der Waals surface area (Å²) in [7, 11) is -2.40. The second kappa shape index (κ2) is 9.75. The summed E-state index contributed by atoms with van der Waals surface area (Å²) >= 11 is 0. The molecule has 0 unspecified atom stereocenters. The highest BCUT2D eigenvalue weighted by molar-refractivity contribution is 7.89. The maximum Gasteiger partial charge on any atom is 0.294 e. The predicted molar refractivity (Wildman–Crippen MR) is 114 cm³/mol. The number of methoxy groups -OCH3 is 1. The normalized spacial score (nSPS) is 15.0. The number of carbonyl (C=O) groups is 1. The van der Waals surface area contributed by atoms with Crippen LogP contribution in [0.2, 0.25) is 0 Å². The Bertz CT molecular complexity index is 1070. The Balaban J connectivity index is 1.85. The molecule has 1 aliphatic rings. The molecule has 2 N–H and O–H groups in total. The van der Waals surface area contributed by atoms with Gasteiger partial charge < -0.3 is 4.74 Å². The van der Waals surface area contributed by atoms with Crippen LogP contribution in [0.4, 0.5) is 11.4 Å². The molecule has 0 saturated carbocycles. The number of nitrogens with zero attached hydrogens (tertiary/aromatic N) is 2. The van der Waals surface area contributed by atoms with E-state index in [1.54, 1.807) is 6.07 Å². The number of para-hydroxylation sites is 2. The van der Waals surface area contributed by atoms with Crippen molar-refractivity contribution in [3.8, 4) is 5.75 Å². The van der Waals surface area contributed by atoms with E-state index >= 15 is 0 Å². The van der Waals surface area contributed by atoms with Gasteiger partial charge in [-0.25, -0.2) is 8.42 Å². The number of hydrogen-bond donors (Lipinski definition) is 2. The average molecular weight is 449 g/mol. The highest BCUT2D eigenvalue weighted by Gasteiger charge is 2.27. The van der Waals surface area contributed by atoms with Crippen LogP contribution >= 0.6 is 0 Å². The van der Waals surface area contributed by atoms with Gasteiger partial charge in [0.1, 0.15) is 11.4 Å². The van der Waals surface area contributed by atoms with Crippen molar-refractivity contribution in [2.75, 3.05) is 25.6 Å². The molecule has 3 rings (SSSR count). The quantitative estimate of drug-likeness (QED) is 0.492. The third-order valence-electron chi connectivity index (χ3n) is 5.03. The molecular formula is C20H24N4O6S. The number of nitro benzene ring substituents is 1. The van der Waals surface area contributed by atoms with Crippen LogP contribution in [-0.2, 0) is 10.0 Å². The molecule has 11 heteroatoms. The lowest BCUT2D eigenvalue weighted by Gasteiger charge is -2.20. The zero-order valence-electron chi connectivity index (χ0n) is 17.0. The number of hydrazine groups is 1. The van der Waals surface area contributed by atoms with E-state index < -0.39 is 20.9 Å². The molecule has 10 nitrogen and oxygen atoms in total. The minimum absolute atomic E-state index is 0.00829. The Morgan fingerprint density at radius 3 is 2.42 bits per heavy atom. The Morgan fingerprint density at radius 2 is 1.77 bits per heavy atom. The van der Waals surface area contributed by atoms with Crippen LogP contribution in [0.5, 0.6) is 5.75 Å². The Kier molecular flexibility index (Phi) is 7.08. The van der Waals surface area contributed by atoms with E-state index in [-0.39, 0.29) is 27.6 Å². The van der Waals surface area contributed by atoms with Crippen LogP contribution in [0.1, 0.15) is 36.0 Å². The zero-order valence-corrected chi connectivity index (χ0v) is 17.9. The van der Waals surface area contributed by atoms with Gasteiger partial charge in [0.15, 0.2) is 0 Å². The second-order valence-electron chi connectivity index (χ2n) is 7.03. The summed E-state index contributed by atoms with van der Waals surface area (Å²) in [6, 6.07) is 9.91. The minimum Gasteiger partial charge on any atom is -0.496 e. The van der Waals surface area contributed by atoms with Crippen molar-refractivity contribution < 1.29 is 22.9 Å². The lowest BCUT2D eigenvalue weighted by molar-refractivity contribution is -0.384. The number of carbonyl (C=O) groups excluding carboxylic acids is 1. The van der Waals surface area contributed by atoms with Gasteiger partial charge in [-0.1, -0.05) is 25.0 Å². The van der Waals surface area contributed by atoms with Gasteiger partial charge in [-0.05, 0) is 37.1 Å². The van der Waals surface area contributed by atoms with Crippen molar-refractivity contribution in [1.29, 1.82) is 0 Å². The molecule has 0 aromatic heterocycles. The van der Waals surface area contributed by atoms with Crippen LogP contribution in [-0.4, -0.2) is 43.8 Å². The van der Waals surface area contributed by atoms with Gasteiger partial charge in [-0.15, -0.1) is 0 Å². The fourth-order valence-corrected chi connectivity index (χ4v) is 4.93. The topological polar surface area (TPSA) is 131 Å². The molecule has 0 bridgehead atoms. The van der Waals surface area contributed by atoms with Crippen molar-refractivity contribution >= 4 is 27.3 Å². The van der Waals surface area contributed by atoms with E-state index in [1.165, 1.54) is 47.8 Å². The second-order valence-corrected chi connectivity index (χ2v) is 8.97. The van der Waals surface area contributed by atoms with E-state index in [0.29, 0.717) is 13.1 Å². The third kappa shape index (κ3) is 5.12. The molecule has 31 heavy (non-hydrogen) atoms. The van der Waals surface area contributed by atoms with Crippen molar-refractivity contribution in [3.63, 3.8) is 0 Å². The SMILES string of the molecule is COc1ccc(S(=O)(=O)N2CCCCCC2)cc1C(=O)NNc1ccccc1[N+](=O)[O-]. The van der Waals surface area contributed by atoms with Gasteiger partial charge in [-0.2, -0.15) is 4.31 Å². The molecule has 1 amide bonds. The Labute approximate surface area is 180 Å². The summed E-state index contributed by atoms with van der Waals surface area (Å²) in [4.78, 5) is 23.3. The number of anilines is 1. The minimum atomic E-state index is -3.76. The fraction of sp³-hybridized carbons (Fsp3) is 0.350. The molecule has 0 spiro atoms. The first kappa shape index (κ1) is 22.5. The molecule has 1 fully saturated rings. The predicted octanol–water partition coefficient (Wildman–Crippen LogP) is 2.93. The molecule has 166 valence electrons. The smallest absolute Gasteiger partial charge is 0.294 e. The van der Waals surface area contributed by atoms with Crippen LogP contribution in [0.25, 0.3) is 0 Å². The van der Waals surface area contributed by atoms with Crippen LogP contribution in [0, 0.1) is 10.1 Å². The summed E-state index contributed by atoms with van der Waals surface area (Å²) < 4.78 is 32.8. The molecule has 1 heterocycles. The van der Waals surface area contributed by atoms with E-state index in [1.807, 2.05) is 0 Å². The molecule has 0 atom stereocenters. The number of ether oxygens (including phenoxy) is 1. The van der Waals surface area contributed by atoms with Gasteiger partial charge in [-0.3, -0.25) is 25.8 Å². The van der Waals surface area contributed by atoms with Gasteiger partial charge in [0, 0.05) is 19.2 Å². The van der Waals surface area contributed by atoms with Gasteiger partial charge in [0.05, 0.1) is 22.5 Å². The number of benzene rings is 2. The molecule has 1 saturated heterocycles. The molecule has 2 aromatic carbocycles. The average Bonchev–Trinajstić information content (AvgIpc) is 3.07. The number of rotatable bonds is 7. The maximum absolute atomic E-state index is 13.1. The first-order valence-electron chi connectivity index (χ1n) is 9.82. The van der Waals surface area contributed by atoms with Crippen LogP contribution in [0.15, 0.2) is 47.4 Å². The standard InChI is InChI=1S/C20H24N4O6S/c1-30-19-11-10-15(31(28,29)23-12-6-2-3-7-13-23)14-16(19)20(25)22-21-17-8-4-5-9-18(17)24(26)27/h4-5,8-11,14,21H,2-3,6-7,12-13H2,1H3,(H,22,25). The highest BCUT2D eigenvalue weighted by atomic mass is 32.2. The number of nitro groups is 1. The lowest BCUT2D eigenvalue weighted by Crippen LogP contribution is -2.33. The molecule has 2 aromatic rings. The summed E-state index contributed by atoms with van der Waals surface area (Å²) in [5.74, 6) is -0.514. The summed E-state index contributed by atoms with van der Waals surface area (Å²) in [6.07, 6.45) is 3.56. The van der Waals surface area contributed by atoms with Crippen LogP contribution < -0.4 is 15.6 Å². The summed E-state index contributed by atoms with van der Waals surface area (Å²) in [5.41, 5.74) is 4.75. The van der Waals surface area contributed by atoms with Crippen LogP contribution in [0.3, 0.4) is 0 Å². The third-order valence-corrected chi connectivity index (χ3v) is 6.92. The molecule has 0 aliphatic carbocycles. The number of nitrogens with one attached hydrogen (secondary N) is 2. The monoisotopic (exact) mass is 448 g/mol. The zero-order chi connectivity index (χ0) is 22.4.